The highest BCUT2D eigenvalue weighted by atomic mass is 16.5. The fourth-order valence-electron chi connectivity index (χ4n) is 5.41. The molecule has 0 radical (unpaired) electrons. The lowest BCUT2D eigenvalue weighted by atomic mass is 9.92. The van der Waals surface area contributed by atoms with E-state index in [1.54, 1.807) is 13.2 Å². The first-order chi connectivity index (χ1) is 14.5. The molecule has 4 aliphatic rings. The summed E-state index contributed by atoms with van der Waals surface area (Å²) in [7, 11) is 1.59. The van der Waals surface area contributed by atoms with Crippen LogP contribution in [0, 0.1) is 0 Å². The number of hydrogen-bond donors (Lipinski definition) is 2. The van der Waals surface area contributed by atoms with Crippen LogP contribution in [-0.4, -0.2) is 72.7 Å². The molecule has 2 fully saturated rings. The molecular weight excluding hydrogens is 378 g/mol. The first-order valence-corrected chi connectivity index (χ1v) is 11.0. The van der Waals surface area contributed by atoms with Crippen molar-refractivity contribution < 1.29 is 14.6 Å². The minimum absolute atomic E-state index is 0.0858. The van der Waals surface area contributed by atoms with Gasteiger partial charge in [0.1, 0.15) is 0 Å². The quantitative estimate of drug-likeness (QED) is 0.800. The van der Waals surface area contributed by atoms with Crippen LogP contribution < -0.4 is 10.1 Å². The van der Waals surface area contributed by atoms with E-state index in [9.17, 15) is 9.90 Å². The maximum Gasteiger partial charge on any atom is 0.253 e. The van der Waals surface area contributed by atoms with Crippen molar-refractivity contribution in [3.8, 4) is 11.5 Å². The van der Waals surface area contributed by atoms with Crippen LogP contribution in [0.15, 0.2) is 41.0 Å². The molecule has 5 rings (SSSR count). The molecule has 2 unspecified atom stereocenters. The fourth-order valence-corrected chi connectivity index (χ4v) is 5.41. The van der Waals surface area contributed by atoms with E-state index < -0.39 is 0 Å². The number of hydrogen-bond acceptors (Lipinski definition) is 5. The molecule has 1 saturated heterocycles. The van der Waals surface area contributed by atoms with Crippen LogP contribution in [0.1, 0.15) is 37.7 Å². The second kappa shape index (κ2) is 7.43. The average molecular weight is 410 g/mol. The van der Waals surface area contributed by atoms with Gasteiger partial charge in [-0.2, -0.15) is 0 Å². The number of rotatable bonds is 4. The molecule has 30 heavy (non-hydrogen) atoms. The van der Waals surface area contributed by atoms with E-state index >= 15 is 0 Å². The molecular formula is C24H31N3O3. The van der Waals surface area contributed by atoms with Crippen LogP contribution in [0.3, 0.4) is 0 Å². The fraction of sp³-hybridized carbons (Fsp3) is 0.542. The highest BCUT2D eigenvalue weighted by Gasteiger charge is 2.56. The van der Waals surface area contributed by atoms with E-state index in [2.05, 4.69) is 23.2 Å². The van der Waals surface area contributed by atoms with Crippen LogP contribution in [0.4, 0.5) is 0 Å². The van der Waals surface area contributed by atoms with Gasteiger partial charge in [-0.3, -0.25) is 9.69 Å². The van der Waals surface area contributed by atoms with E-state index in [0.717, 1.165) is 64.1 Å². The maximum absolute atomic E-state index is 13.2. The van der Waals surface area contributed by atoms with Gasteiger partial charge in [0.25, 0.3) is 5.91 Å². The number of allylic oxidation sites excluding steroid dienone is 1. The Labute approximate surface area is 178 Å². The number of aromatic hydroxyl groups is 1. The molecule has 160 valence electrons. The second-order valence-corrected chi connectivity index (χ2v) is 9.18. The van der Waals surface area contributed by atoms with Crippen molar-refractivity contribution in [3.05, 3.63) is 46.6 Å². The van der Waals surface area contributed by atoms with Crippen molar-refractivity contribution in [1.82, 2.24) is 15.1 Å². The lowest BCUT2D eigenvalue weighted by molar-refractivity contribution is -0.127. The van der Waals surface area contributed by atoms with Gasteiger partial charge in [-0.05, 0) is 49.5 Å². The van der Waals surface area contributed by atoms with Gasteiger partial charge in [-0.25, -0.2) is 0 Å². The van der Waals surface area contributed by atoms with E-state index in [-0.39, 0.29) is 17.2 Å². The van der Waals surface area contributed by atoms with Gasteiger partial charge in [0, 0.05) is 56.3 Å². The number of nitrogens with one attached hydrogen (secondary N) is 1. The summed E-state index contributed by atoms with van der Waals surface area (Å²) in [6.07, 6.45) is 5.30. The summed E-state index contributed by atoms with van der Waals surface area (Å²) >= 11 is 0. The SMILES string of the molecule is COc1cc(C2CC2(C)N2CC3=C(C2)C(C(=O)N2CCNCC2)=CCC3)ccc1O. The van der Waals surface area contributed by atoms with Gasteiger partial charge in [-0.1, -0.05) is 17.7 Å². The number of carbonyl (C=O) groups is 1. The van der Waals surface area contributed by atoms with E-state index in [4.69, 9.17) is 4.74 Å². The normalized spacial score (nSPS) is 28.9. The summed E-state index contributed by atoms with van der Waals surface area (Å²) in [4.78, 5) is 17.8. The molecule has 2 N–H and O–H groups in total. The number of methoxy groups -OCH3 is 1. The highest BCUT2D eigenvalue weighted by Crippen LogP contribution is 2.57. The largest absolute Gasteiger partial charge is 0.504 e. The molecule has 2 aliphatic carbocycles. The summed E-state index contributed by atoms with van der Waals surface area (Å²) in [5.41, 5.74) is 4.98. The molecule has 6 nitrogen and oxygen atoms in total. The van der Waals surface area contributed by atoms with Crippen molar-refractivity contribution >= 4 is 5.91 Å². The Kier molecular flexibility index (Phi) is 4.86. The van der Waals surface area contributed by atoms with Gasteiger partial charge in [0.05, 0.1) is 7.11 Å². The third kappa shape index (κ3) is 3.22. The lowest BCUT2D eigenvalue weighted by Gasteiger charge is -2.30. The Morgan fingerprint density at radius 1 is 1.27 bits per heavy atom. The molecule has 6 heteroatoms. The first kappa shape index (κ1) is 19.6. The molecule has 1 aromatic carbocycles. The molecule has 2 atom stereocenters. The van der Waals surface area contributed by atoms with Crippen molar-refractivity contribution in [1.29, 1.82) is 0 Å². The third-order valence-electron chi connectivity index (χ3n) is 7.45. The molecule has 0 spiro atoms. The van der Waals surface area contributed by atoms with Gasteiger partial charge in [0.15, 0.2) is 11.5 Å². The van der Waals surface area contributed by atoms with Crippen molar-refractivity contribution in [2.75, 3.05) is 46.4 Å². The highest BCUT2D eigenvalue weighted by molar-refractivity contribution is 5.98. The second-order valence-electron chi connectivity index (χ2n) is 9.18. The summed E-state index contributed by atoms with van der Waals surface area (Å²) in [6, 6.07) is 5.71. The first-order valence-electron chi connectivity index (χ1n) is 11.0. The van der Waals surface area contributed by atoms with E-state index in [1.807, 2.05) is 17.0 Å². The molecule has 1 amide bonds. The van der Waals surface area contributed by atoms with Gasteiger partial charge in [-0.15, -0.1) is 0 Å². The third-order valence-corrected chi connectivity index (χ3v) is 7.45. The number of ether oxygens (including phenoxy) is 1. The smallest absolute Gasteiger partial charge is 0.253 e. The number of carbonyl (C=O) groups excluding carboxylic acids is 1. The van der Waals surface area contributed by atoms with Gasteiger partial charge < -0.3 is 20.1 Å². The predicted molar refractivity (Wildman–Crippen MR) is 116 cm³/mol. The molecule has 1 saturated carbocycles. The Balaban J connectivity index is 1.31. The summed E-state index contributed by atoms with van der Waals surface area (Å²) < 4.78 is 5.31. The van der Waals surface area contributed by atoms with Crippen LogP contribution in [0.25, 0.3) is 0 Å². The summed E-state index contributed by atoms with van der Waals surface area (Å²) in [6.45, 7) is 7.51. The van der Waals surface area contributed by atoms with Crippen LogP contribution in [0.5, 0.6) is 11.5 Å². The maximum atomic E-state index is 13.2. The Morgan fingerprint density at radius 2 is 2.07 bits per heavy atom. The number of phenols is 1. The number of benzene rings is 1. The van der Waals surface area contributed by atoms with Crippen LogP contribution in [-0.2, 0) is 4.79 Å². The Bertz CT molecular complexity index is 932. The van der Waals surface area contributed by atoms with Crippen LogP contribution >= 0.6 is 0 Å². The van der Waals surface area contributed by atoms with E-state index in [0.29, 0.717) is 11.7 Å². The zero-order chi connectivity index (χ0) is 20.9. The predicted octanol–water partition coefficient (Wildman–Crippen LogP) is 2.41. The molecule has 0 aromatic heterocycles. The van der Waals surface area contributed by atoms with E-state index in [1.165, 1.54) is 16.7 Å². The minimum atomic E-state index is 0.0858. The number of phenolic OH excluding ortho intramolecular Hbond substituents is 1. The Hall–Kier alpha value is -2.31. The summed E-state index contributed by atoms with van der Waals surface area (Å²) in [5.74, 6) is 1.35. The monoisotopic (exact) mass is 409 g/mol. The van der Waals surface area contributed by atoms with Gasteiger partial charge >= 0.3 is 0 Å². The lowest BCUT2D eigenvalue weighted by Crippen LogP contribution is -2.47. The average Bonchev–Trinajstić information content (AvgIpc) is 3.27. The standard InChI is InChI=1S/C24H31N3O3/c1-24(13-20(24)16-6-7-21(28)22(12-16)30-2)27-14-17-4-3-5-18(19(17)15-27)23(29)26-10-8-25-9-11-26/h5-7,12,20,25,28H,3-4,8-11,13-15H2,1-2H3. The minimum Gasteiger partial charge on any atom is -0.504 e. The number of piperazine rings is 1. The van der Waals surface area contributed by atoms with Crippen molar-refractivity contribution in [3.63, 3.8) is 0 Å². The van der Waals surface area contributed by atoms with Crippen molar-refractivity contribution in [2.24, 2.45) is 0 Å². The number of amides is 1. The Morgan fingerprint density at radius 3 is 2.83 bits per heavy atom. The summed E-state index contributed by atoms with van der Waals surface area (Å²) in [5, 5.41) is 13.2. The zero-order valence-corrected chi connectivity index (χ0v) is 17.9. The topological polar surface area (TPSA) is 65.0 Å². The van der Waals surface area contributed by atoms with Crippen LogP contribution in [0.2, 0.25) is 0 Å². The zero-order valence-electron chi connectivity index (χ0n) is 17.9. The molecule has 1 aromatic rings. The molecule has 2 aliphatic heterocycles. The van der Waals surface area contributed by atoms with Crippen molar-refractivity contribution in [2.45, 2.75) is 37.6 Å². The number of nitrogens with zero attached hydrogens (tertiary/aromatic N) is 2. The van der Waals surface area contributed by atoms with Gasteiger partial charge in [0.2, 0.25) is 0 Å². The molecule has 0 bridgehead atoms. The molecule has 2 heterocycles.